The number of carbonyl (C=O) groups is 1. The van der Waals surface area contributed by atoms with E-state index in [0.717, 1.165) is 49.3 Å². The summed E-state index contributed by atoms with van der Waals surface area (Å²) >= 11 is 0. The largest absolute Gasteiger partial charge is 0.385 e. The third kappa shape index (κ3) is 4.17. The van der Waals surface area contributed by atoms with Crippen LogP contribution in [-0.4, -0.2) is 60.2 Å². The second kappa shape index (κ2) is 8.48. The van der Waals surface area contributed by atoms with Crippen molar-refractivity contribution in [3.8, 4) is 0 Å². The van der Waals surface area contributed by atoms with Crippen LogP contribution in [0.3, 0.4) is 0 Å². The molecule has 0 saturated carbocycles. The lowest BCUT2D eigenvalue weighted by atomic mass is 10.1. The molecule has 3 heterocycles. The van der Waals surface area contributed by atoms with E-state index in [4.69, 9.17) is 0 Å². The maximum Gasteiger partial charge on any atom is 0.289 e. The highest BCUT2D eigenvalue weighted by molar-refractivity contribution is 5.95. The maximum atomic E-state index is 12.5. The zero-order valence-corrected chi connectivity index (χ0v) is 16.9. The van der Waals surface area contributed by atoms with Gasteiger partial charge in [0.15, 0.2) is 0 Å². The van der Waals surface area contributed by atoms with Gasteiger partial charge < -0.3 is 25.4 Å². The Kier molecular flexibility index (Phi) is 5.62. The second-order valence-electron chi connectivity index (χ2n) is 7.24. The number of nitrogens with one attached hydrogen (secondary N) is 3. The third-order valence-electron chi connectivity index (χ3n) is 5.32. The Hall–Kier alpha value is -3.13. The van der Waals surface area contributed by atoms with Gasteiger partial charge in [-0.1, -0.05) is 12.1 Å². The monoisotopic (exact) mass is 393 g/mol. The minimum absolute atomic E-state index is 0.189. The minimum atomic E-state index is -0.254. The molecular formula is C21H27N7O. The predicted molar refractivity (Wildman–Crippen MR) is 116 cm³/mol. The Morgan fingerprint density at radius 2 is 1.97 bits per heavy atom. The van der Waals surface area contributed by atoms with Gasteiger partial charge in [0.05, 0.1) is 17.4 Å². The number of anilines is 2. The van der Waals surface area contributed by atoms with Crippen LogP contribution in [0.15, 0.2) is 36.7 Å². The summed E-state index contributed by atoms with van der Waals surface area (Å²) in [5, 5.41) is 9.39. The van der Waals surface area contributed by atoms with Gasteiger partial charge in [-0.2, -0.15) is 0 Å². The highest BCUT2D eigenvalue weighted by Gasteiger charge is 2.14. The van der Waals surface area contributed by atoms with Crippen molar-refractivity contribution in [3.63, 3.8) is 0 Å². The van der Waals surface area contributed by atoms with E-state index >= 15 is 0 Å². The zero-order chi connectivity index (χ0) is 20.2. The molecular weight excluding hydrogens is 366 g/mol. The van der Waals surface area contributed by atoms with Crippen molar-refractivity contribution in [3.05, 3.63) is 48.0 Å². The molecule has 0 unspecified atom stereocenters. The average molecular weight is 393 g/mol. The van der Waals surface area contributed by atoms with Crippen molar-refractivity contribution < 1.29 is 4.79 Å². The van der Waals surface area contributed by atoms with Gasteiger partial charge in [-0.05, 0) is 24.1 Å². The van der Waals surface area contributed by atoms with E-state index in [1.165, 1.54) is 11.3 Å². The van der Waals surface area contributed by atoms with E-state index < -0.39 is 0 Å². The Morgan fingerprint density at radius 1 is 1.21 bits per heavy atom. The van der Waals surface area contributed by atoms with E-state index in [1.807, 2.05) is 24.9 Å². The molecule has 3 N–H and O–H groups in total. The standard InChI is InChI=1S/C21H27N7O/c1-22-17-14-27(2)18-13-25-20(26-19(17)18)21(29)24-8-7-15-3-5-16(6-4-15)28-11-9-23-10-12-28/h3-6,13-14,22-23H,7-12H2,1-2H3,(H,24,29). The van der Waals surface area contributed by atoms with E-state index in [-0.39, 0.29) is 11.7 Å². The van der Waals surface area contributed by atoms with Gasteiger partial charge in [0.2, 0.25) is 5.82 Å². The van der Waals surface area contributed by atoms with Crippen molar-refractivity contribution in [2.45, 2.75) is 6.42 Å². The van der Waals surface area contributed by atoms with Crippen molar-refractivity contribution in [1.29, 1.82) is 0 Å². The van der Waals surface area contributed by atoms with Crippen LogP contribution in [-0.2, 0) is 13.5 Å². The lowest BCUT2D eigenvalue weighted by Crippen LogP contribution is -2.43. The molecule has 0 radical (unpaired) electrons. The van der Waals surface area contributed by atoms with Crippen molar-refractivity contribution in [2.75, 3.05) is 50.0 Å². The number of aromatic nitrogens is 3. The number of nitrogens with zero attached hydrogens (tertiary/aromatic N) is 4. The molecule has 8 heteroatoms. The van der Waals surface area contributed by atoms with Gasteiger partial charge in [-0.15, -0.1) is 0 Å². The molecule has 8 nitrogen and oxygen atoms in total. The number of amides is 1. The Bertz CT molecular complexity index is 990. The molecule has 1 aliphatic heterocycles. The van der Waals surface area contributed by atoms with Crippen LogP contribution in [0.5, 0.6) is 0 Å². The second-order valence-corrected chi connectivity index (χ2v) is 7.24. The van der Waals surface area contributed by atoms with Crippen LogP contribution < -0.4 is 20.9 Å². The summed E-state index contributed by atoms with van der Waals surface area (Å²) in [6.45, 7) is 4.68. The lowest BCUT2D eigenvalue weighted by Gasteiger charge is -2.29. The number of fused-ring (bicyclic) bond motifs is 1. The van der Waals surface area contributed by atoms with Crippen LogP contribution in [0.2, 0.25) is 0 Å². The molecule has 1 amide bonds. The SMILES string of the molecule is CNc1cn(C)c2cnc(C(=O)NCCc3ccc(N4CCNCC4)cc3)nc12. The van der Waals surface area contributed by atoms with Crippen LogP contribution >= 0.6 is 0 Å². The molecule has 1 saturated heterocycles. The van der Waals surface area contributed by atoms with Gasteiger partial charge in [-0.3, -0.25) is 4.79 Å². The molecule has 29 heavy (non-hydrogen) atoms. The van der Waals surface area contributed by atoms with Crippen molar-refractivity contribution in [1.82, 2.24) is 25.2 Å². The van der Waals surface area contributed by atoms with Gasteiger partial charge in [0.1, 0.15) is 5.52 Å². The Labute approximate surface area is 170 Å². The van der Waals surface area contributed by atoms with Crippen LogP contribution in [0.25, 0.3) is 11.0 Å². The number of rotatable bonds is 6. The summed E-state index contributed by atoms with van der Waals surface area (Å²) in [6.07, 6.45) is 4.39. The molecule has 1 aromatic carbocycles. The van der Waals surface area contributed by atoms with Crippen LogP contribution in [0, 0.1) is 0 Å². The Balaban J connectivity index is 1.34. The fourth-order valence-corrected chi connectivity index (χ4v) is 3.64. The predicted octanol–water partition coefficient (Wildman–Crippen LogP) is 1.39. The van der Waals surface area contributed by atoms with Gasteiger partial charge in [-0.25, -0.2) is 9.97 Å². The normalized spacial score (nSPS) is 14.2. The molecule has 1 aliphatic rings. The number of aryl methyl sites for hydroxylation is 1. The summed E-state index contributed by atoms with van der Waals surface area (Å²) < 4.78 is 1.94. The van der Waals surface area contributed by atoms with Gasteiger partial charge in [0.25, 0.3) is 5.91 Å². The van der Waals surface area contributed by atoms with Crippen molar-refractivity contribution in [2.24, 2.45) is 7.05 Å². The fraction of sp³-hybridized carbons (Fsp3) is 0.381. The summed E-state index contributed by atoms with van der Waals surface area (Å²) in [4.78, 5) is 23.5. The number of piperazine rings is 1. The number of hydrogen-bond acceptors (Lipinski definition) is 6. The minimum Gasteiger partial charge on any atom is -0.385 e. The smallest absolute Gasteiger partial charge is 0.289 e. The first kappa shape index (κ1) is 19.2. The van der Waals surface area contributed by atoms with E-state index in [2.05, 4.69) is 55.1 Å². The molecule has 0 bridgehead atoms. The van der Waals surface area contributed by atoms with Crippen molar-refractivity contribution >= 4 is 28.3 Å². The number of hydrogen-bond donors (Lipinski definition) is 3. The molecule has 1 fully saturated rings. The lowest BCUT2D eigenvalue weighted by molar-refractivity contribution is 0.0944. The third-order valence-corrected chi connectivity index (χ3v) is 5.32. The first-order valence-electron chi connectivity index (χ1n) is 9.98. The summed E-state index contributed by atoms with van der Waals surface area (Å²) in [5.41, 5.74) is 4.96. The highest BCUT2D eigenvalue weighted by atomic mass is 16.2. The summed E-state index contributed by atoms with van der Waals surface area (Å²) in [7, 11) is 3.77. The van der Waals surface area contributed by atoms with E-state index in [9.17, 15) is 4.79 Å². The molecule has 0 spiro atoms. The fourth-order valence-electron chi connectivity index (χ4n) is 3.64. The summed E-state index contributed by atoms with van der Waals surface area (Å²) in [5.74, 6) is -0.0653. The quantitative estimate of drug-likeness (QED) is 0.587. The molecule has 2 aromatic heterocycles. The first-order valence-corrected chi connectivity index (χ1v) is 9.98. The van der Waals surface area contributed by atoms with Crippen LogP contribution in [0.4, 0.5) is 11.4 Å². The first-order chi connectivity index (χ1) is 14.2. The molecule has 152 valence electrons. The number of benzene rings is 1. The number of carbonyl (C=O) groups excluding carboxylic acids is 1. The van der Waals surface area contributed by atoms with E-state index in [1.54, 1.807) is 6.20 Å². The molecule has 4 rings (SSSR count). The molecule has 0 aliphatic carbocycles. The van der Waals surface area contributed by atoms with Crippen LogP contribution in [0.1, 0.15) is 16.2 Å². The van der Waals surface area contributed by atoms with E-state index in [0.29, 0.717) is 6.54 Å². The zero-order valence-electron chi connectivity index (χ0n) is 16.9. The summed E-state index contributed by atoms with van der Waals surface area (Å²) in [6, 6.07) is 8.59. The molecule has 3 aromatic rings. The topological polar surface area (TPSA) is 87.1 Å². The average Bonchev–Trinajstić information content (AvgIpc) is 3.10. The maximum absolute atomic E-state index is 12.5. The van der Waals surface area contributed by atoms with Gasteiger partial charge in [0, 0.05) is 58.7 Å². The Morgan fingerprint density at radius 3 is 2.69 bits per heavy atom. The highest BCUT2D eigenvalue weighted by Crippen LogP contribution is 2.22. The molecule has 0 atom stereocenters. The van der Waals surface area contributed by atoms with Gasteiger partial charge >= 0.3 is 0 Å².